The number of para-hydroxylation sites is 1. The van der Waals surface area contributed by atoms with Gasteiger partial charge in [-0.25, -0.2) is 17.8 Å². The molecule has 0 radical (unpaired) electrons. The van der Waals surface area contributed by atoms with Crippen molar-refractivity contribution in [3.63, 3.8) is 0 Å². The molecule has 3 aromatic carbocycles. The minimum absolute atomic E-state index is 0.0656. The zero-order valence-electron chi connectivity index (χ0n) is 17.4. The highest BCUT2D eigenvalue weighted by atomic mass is 32.2. The van der Waals surface area contributed by atoms with Crippen LogP contribution in [-0.2, 0) is 16.6 Å². The molecule has 0 saturated heterocycles. The molecule has 8 heteroatoms. The fourth-order valence-corrected chi connectivity index (χ4v) is 4.47. The van der Waals surface area contributed by atoms with Crippen molar-refractivity contribution in [1.29, 1.82) is 0 Å². The van der Waals surface area contributed by atoms with Gasteiger partial charge in [0.25, 0.3) is 5.91 Å². The number of rotatable bonds is 7. The molecule has 0 saturated carbocycles. The average Bonchev–Trinajstić information content (AvgIpc) is 3.28. The summed E-state index contributed by atoms with van der Waals surface area (Å²) in [6, 6.07) is 25.0. The Hall–Kier alpha value is -3.75. The van der Waals surface area contributed by atoms with E-state index in [9.17, 15) is 13.2 Å². The molecule has 0 bridgehead atoms. The van der Waals surface area contributed by atoms with Crippen LogP contribution in [-0.4, -0.2) is 24.1 Å². The summed E-state index contributed by atoms with van der Waals surface area (Å²) in [7, 11) is -3.80. The van der Waals surface area contributed by atoms with Crippen LogP contribution in [0.4, 0.5) is 5.82 Å². The van der Waals surface area contributed by atoms with Gasteiger partial charge in [0.15, 0.2) is 5.82 Å². The highest BCUT2D eigenvalue weighted by molar-refractivity contribution is 7.89. The van der Waals surface area contributed by atoms with Crippen molar-refractivity contribution in [2.24, 2.45) is 0 Å². The molecule has 4 aromatic rings. The van der Waals surface area contributed by atoms with Crippen molar-refractivity contribution in [1.82, 2.24) is 14.5 Å². The topological polar surface area (TPSA) is 93.1 Å². The van der Waals surface area contributed by atoms with Crippen LogP contribution >= 0.6 is 0 Å². The van der Waals surface area contributed by atoms with Gasteiger partial charge in [-0.1, -0.05) is 54.6 Å². The number of nitrogens with zero attached hydrogens (tertiary/aromatic N) is 2. The van der Waals surface area contributed by atoms with Gasteiger partial charge < -0.3 is 5.32 Å². The highest BCUT2D eigenvalue weighted by Gasteiger charge is 2.19. The van der Waals surface area contributed by atoms with Crippen LogP contribution in [0.15, 0.2) is 96.0 Å². The number of anilines is 1. The van der Waals surface area contributed by atoms with Crippen LogP contribution in [0.2, 0.25) is 0 Å². The first-order valence-corrected chi connectivity index (χ1v) is 11.5. The molecule has 0 atom stereocenters. The summed E-state index contributed by atoms with van der Waals surface area (Å²) < 4.78 is 30.0. The number of benzene rings is 3. The Labute approximate surface area is 186 Å². The Morgan fingerprint density at radius 3 is 2.34 bits per heavy atom. The van der Waals surface area contributed by atoms with Gasteiger partial charge in [-0.2, -0.15) is 5.10 Å². The molecule has 0 aliphatic rings. The lowest BCUT2D eigenvalue weighted by Crippen LogP contribution is -2.24. The van der Waals surface area contributed by atoms with Gasteiger partial charge in [0.1, 0.15) is 0 Å². The molecule has 1 amide bonds. The largest absolute Gasteiger partial charge is 0.305 e. The molecule has 0 unspecified atom stereocenters. The van der Waals surface area contributed by atoms with E-state index in [2.05, 4.69) is 15.1 Å². The molecule has 0 aliphatic heterocycles. The summed E-state index contributed by atoms with van der Waals surface area (Å²) in [5, 5.41) is 7.07. The van der Waals surface area contributed by atoms with Crippen molar-refractivity contribution >= 4 is 21.7 Å². The van der Waals surface area contributed by atoms with Gasteiger partial charge in [0.2, 0.25) is 10.0 Å². The van der Waals surface area contributed by atoms with E-state index in [-0.39, 0.29) is 17.0 Å². The number of amides is 1. The molecule has 32 heavy (non-hydrogen) atoms. The molecule has 0 aliphatic carbocycles. The van der Waals surface area contributed by atoms with Crippen molar-refractivity contribution in [2.45, 2.75) is 18.4 Å². The SMILES string of the molecule is Cc1ccc(C(=O)Nc2ccn(-c3ccccc3)n2)cc1S(=O)(=O)NCc1ccccc1. The highest BCUT2D eigenvalue weighted by Crippen LogP contribution is 2.19. The number of nitrogens with one attached hydrogen (secondary N) is 2. The summed E-state index contributed by atoms with van der Waals surface area (Å²) in [5.74, 6) is -0.0751. The number of hydrogen-bond donors (Lipinski definition) is 2. The summed E-state index contributed by atoms with van der Waals surface area (Å²) in [4.78, 5) is 12.8. The number of carbonyl (C=O) groups excluding carboxylic acids is 1. The molecule has 7 nitrogen and oxygen atoms in total. The van der Waals surface area contributed by atoms with E-state index in [0.717, 1.165) is 11.3 Å². The second kappa shape index (κ2) is 9.17. The van der Waals surface area contributed by atoms with Crippen LogP contribution in [0.1, 0.15) is 21.5 Å². The standard InChI is InChI=1S/C24H22N4O3S/c1-18-12-13-20(16-22(18)32(30,31)25-17-19-8-4-2-5-9-19)24(29)26-23-14-15-28(27-23)21-10-6-3-7-11-21/h2-16,25H,17H2,1H3,(H,26,27,29). The lowest BCUT2D eigenvalue weighted by atomic mass is 10.1. The maximum Gasteiger partial charge on any atom is 0.256 e. The van der Waals surface area contributed by atoms with Gasteiger partial charge in [0.05, 0.1) is 10.6 Å². The number of aryl methyl sites for hydroxylation is 1. The first-order chi connectivity index (χ1) is 15.4. The third kappa shape index (κ3) is 4.93. The molecule has 2 N–H and O–H groups in total. The first kappa shape index (κ1) is 21.5. The maximum atomic E-state index is 12.9. The normalized spacial score (nSPS) is 11.3. The van der Waals surface area contributed by atoms with E-state index in [1.54, 1.807) is 36.0 Å². The van der Waals surface area contributed by atoms with Crippen LogP contribution in [0.5, 0.6) is 0 Å². The van der Waals surface area contributed by atoms with Crippen molar-refractivity contribution in [2.75, 3.05) is 5.32 Å². The van der Waals surface area contributed by atoms with Crippen LogP contribution in [0.3, 0.4) is 0 Å². The molecule has 1 aromatic heterocycles. The number of aromatic nitrogens is 2. The molecular weight excluding hydrogens is 424 g/mol. The zero-order valence-corrected chi connectivity index (χ0v) is 18.2. The molecule has 4 rings (SSSR count). The van der Waals surface area contributed by atoms with E-state index in [1.165, 1.54) is 6.07 Å². The summed E-state index contributed by atoms with van der Waals surface area (Å²) in [5.41, 5.74) is 2.48. The predicted molar refractivity (Wildman–Crippen MR) is 123 cm³/mol. The average molecular weight is 447 g/mol. The van der Waals surface area contributed by atoms with Crippen molar-refractivity contribution < 1.29 is 13.2 Å². The van der Waals surface area contributed by atoms with Gasteiger partial charge in [-0.05, 0) is 42.3 Å². The van der Waals surface area contributed by atoms with Crippen molar-refractivity contribution in [3.8, 4) is 5.69 Å². The molecule has 162 valence electrons. The maximum absolute atomic E-state index is 12.9. The van der Waals surface area contributed by atoms with Crippen LogP contribution in [0, 0.1) is 6.92 Å². The van der Waals surface area contributed by atoms with Crippen molar-refractivity contribution in [3.05, 3.63) is 108 Å². The molecule has 0 spiro atoms. The monoisotopic (exact) mass is 446 g/mol. The Morgan fingerprint density at radius 2 is 1.62 bits per heavy atom. The van der Waals surface area contributed by atoms with Gasteiger partial charge in [0, 0.05) is 24.4 Å². The summed E-state index contributed by atoms with van der Waals surface area (Å²) in [6.07, 6.45) is 1.74. The second-order valence-corrected chi connectivity index (χ2v) is 8.96. The summed E-state index contributed by atoms with van der Waals surface area (Å²) >= 11 is 0. The molecule has 1 heterocycles. The third-order valence-corrected chi connectivity index (χ3v) is 6.44. The van der Waals surface area contributed by atoms with Gasteiger partial charge in [-0.3, -0.25) is 4.79 Å². The quantitative estimate of drug-likeness (QED) is 0.450. The number of sulfonamides is 1. The number of hydrogen-bond acceptors (Lipinski definition) is 4. The molecule has 0 fully saturated rings. The van der Waals surface area contributed by atoms with Crippen LogP contribution in [0.25, 0.3) is 5.69 Å². The van der Waals surface area contributed by atoms with E-state index in [1.807, 2.05) is 60.7 Å². The van der Waals surface area contributed by atoms with Gasteiger partial charge in [-0.15, -0.1) is 0 Å². The zero-order chi connectivity index (χ0) is 22.6. The lowest BCUT2D eigenvalue weighted by molar-refractivity contribution is 0.102. The third-order valence-electron chi connectivity index (χ3n) is 4.90. The lowest BCUT2D eigenvalue weighted by Gasteiger charge is -2.11. The minimum atomic E-state index is -3.80. The Morgan fingerprint density at radius 1 is 0.938 bits per heavy atom. The van der Waals surface area contributed by atoms with E-state index in [4.69, 9.17) is 0 Å². The fourth-order valence-electron chi connectivity index (χ4n) is 3.19. The Balaban J connectivity index is 1.50. The Bertz CT molecular complexity index is 1330. The van der Waals surface area contributed by atoms with Crippen LogP contribution < -0.4 is 10.0 Å². The van der Waals surface area contributed by atoms with E-state index < -0.39 is 15.9 Å². The Kier molecular flexibility index (Phi) is 6.16. The van der Waals surface area contributed by atoms with E-state index in [0.29, 0.717) is 11.4 Å². The van der Waals surface area contributed by atoms with Gasteiger partial charge >= 0.3 is 0 Å². The predicted octanol–water partition coefficient (Wildman–Crippen LogP) is 3.91. The minimum Gasteiger partial charge on any atom is -0.305 e. The fraction of sp³-hybridized carbons (Fsp3) is 0.0833. The second-order valence-electron chi connectivity index (χ2n) is 7.23. The smallest absolute Gasteiger partial charge is 0.256 e. The summed E-state index contributed by atoms with van der Waals surface area (Å²) in [6.45, 7) is 1.86. The van der Waals surface area contributed by atoms with E-state index >= 15 is 0 Å². The number of carbonyl (C=O) groups is 1. The first-order valence-electron chi connectivity index (χ1n) is 9.99. The molecular formula is C24H22N4O3S.